The van der Waals surface area contributed by atoms with E-state index in [0.29, 0.717) is 50.1 Å². The van der Waals surface area contributed by atoms with Crippen LogP contribution < -0.4 is 23.4 Å². The molecule has 0 amide bonds. The monoisotopic (exact) mass is 748 g/mol. The predicted octanol–water partition coefficient (Wildman–Crippen LogP) is 12.6. The third-order valence-electron chi connectivity index (χ3n) is 9.87. The first-order valence-electron chi connectivity index (χ1n) is 19.0. The molecule has 0 N–H and O–H groups in total. The Kier molecular flexibility index (Phi) is 13.1. The summed E-state index contributed by atoms with van der Waals surface area (Å²) < 4.78 is 32.7. The van der Waals surface area contributed by atoms with Crippen molar-refractivity contribution < 1.29 is 23.4 Å². The zero-order valence-corrected chi connectivity index (χ0v) is 33.7. The van der Waals surface area contributed by atoms with Gasteiger partial charge in [0.05, 0.1) is 0 Å². The van der Waals surface area contributed by atoms with Crippen molar-refractivity contribution in [3.8, 4) is 28.7 Å². The fourth-order valence-electron chi connectivity index (χ4n) is 5.65. The predicted molar refractivity (Wildman–Crippen MR) is 227 cm³/mol. The SMILES string of the molecule is CC(C)(C)[Si](C)(C)Oc1cc(OCc2ccccc2)cc(OCc2ccccc2)c1C/C=C/c1ccc(OCc2ccccc2)c(OCc2ccccc2)c1. The van der Waals surface area contributed by atoms with Crippen LogP contribution in [-0.4, -0.2) is 8.32 Å². The Morgan fingerprint density at radius 2 is 0.909 bits per heavy atom. The summed E-state index contributed by atoms with van der Waals surface area (Å²) in [4.78, 5) is 0. The topological polar surface area (TPSA) is 46.2 Å². The molecule has 0 fully saturated rings. The highest BCUT2D eigenvalue weighted by molar-refractivity contribution is 6.74. The maximum atomic E-state index is 7.07. The van der Waals surface area contributed by atoms with Crippen LogP contribution in [-0.2, 0) is 32.8 Å². The zero-order chi connectivity index (χ0) is 38.5. The molecular formula is C49H52O5Si. The van der Waals surface area contributed by atoms with Gasteiger partial charge in [0.25, 0.3) is 0 Å². The maximum absolute atomic E-state index is 7.07. The first-order valence-corrected chi connectivity index (χ1v) is 21.9. The van der Waals surface area contributed by atoms with Crippen LogP contribution in [0.2, 0.25) is 18.1 Å². The molecule has 0 heterocycles. The smallest absolute Gasteiger partial charge is 0.250 e. The van der Waals surface area contributed by atoms with Crippen LogP contribution in [0, 0.1) is 0 Å². The van der Waals surface area contributed by atoms with Gasteiger partial charge in [-0.1, -0.05) is 160 Å². The van der Waals surface area contributed by atoms with E-state index in [-0.39, 0.29) is 5.04 Å². The number of benzene rings is 6. The Morgan fingerprint density at radius 1 is 0.473 bits per heavy atom. The number of ether oxygens (including phenoxy) is 4. The quantitative estimate of drug-likeness (QED) is 0.0869. The fourth-order valence-corrected chi connectivity index (χ4v) is 6.69. The highest BCUT2D eigenvalue weighted by atomic mass is 28.4. The lowest BCUT2D eigenvalue weighted by Crippen LogP contribution is -2.44. The Bertz CT molecular complexity index is 2110. The van der Waals surface area contributed by atoms with E-state index in [1.165, 1.54) is 0 Å². The Labute approximate surface area is 328 Å². The molecule has 6 aromatic rings. The lowest BCUT2D eigenvalue weighted by atomic mass is 10.1. The van der Waals surface area contributed by atoms with E-state index >= 15 is 0 Å². The standard InChI is InChI=1S/C49H52O5Si/c1-49(2,3)55(4,5)54-47-33-43(50-34-39-19-10-6-11-20-39)32-46(52-36-41-23-14-8-15-24-41)44(47)28-18-27-38-29-30-45(51-35-40-21-12-7-13-22-40)48(31-38)53-37-42-25-16-9-17-26-42/h6-27,29-33H,28,34-37H2,1-5H3/b27-18+. The second-order valence-corrected chi connectivity index (χ2v) is 19.9. The molecule has 0 aromatic heterocycles. The minimum atomic E-state index is -2.25. The summed E-state index contributed by atoms with van der Waals surface area (Å²) >= 11 is 0. The number of hydrogen-bond acceptors (Lipinski definition) is 5. The van der Waals surface area contributed by atoms with Crippen LogP contribution in [0.1, 0.15) is 54.2 Å². The van der Waals surface area contributed by atoms with Crippen LogP contribution >= 0.6 is 0 Å². The molecule has 0 aliphatic carbocycles. The molecular weight excluding hydrogens is 697 g/mol. The van der Waals surface area contributed by atoms with Gasteiger partial charge in [0, 0.05) is 17.7 Å². The first-order chi connectivity index (χ1) is 26.6. The van der Waals surface area contributed by atoms with Crippen molar-refractivity contribution in [2.45, 2.75) is 71.8 Å². The van der Waals surface area contributed by atoms with Gasteiger partial charge >= 0.3 is 0 Å². The van der Waals surface area contributed by atoms with Crippen molar-refractivity contribution in [3.05, 3.63) is 191 Å². The van der Waals surface area contributed by atoms with Gasteiger partial charge in [-0.05, 0) is 64.5 Å². The lowest BCUT2D eigenvalue weighted by molar-refractivity contribution is 0.256. The molecule has 282 valence electrons. The van der Waals surface area contributed by atoms with Crippen LogP contribution in [0.4, 0.5) is 0 Å². The molecule has 5 nitrogen and oxygen atoms in total. The van der Waals surface area contributed by atoms with Crippen molar-refractivity contribution in [1.82, 2.24) is 0 Å². The second-order valence-electron chi connectivity index (χ2n) is 15.2. The summed E-state index contributed by atoms with van der Waals surface area (Å²) in [6.45, 7) is 13.1. The highest BCUT2D eigenvalue weighted by Crippen LogP contribution is 2.42. The van der Waals surface area contributed by atoms with E-state index in [0.717, 1.165) is 44.9 Å². The first kappa shape index (κ1) is 39.0. The molecule has 0 aliphatic rings. The van der Waals surface area contributed by atoms with Gasteiger partial charge in [-0.25, -0.2) is 0 Å². The van der Waals surface area contributed by atoms with Gasteiger partial charge < -0.3 is 23.4 Å². The molecule has 0 bridgehead atoms. The van der Waals surface area contributed by atoms with Crippen molar-refractivity contribution in [3.63, 3.8) is 0 Å². The largest absolute Gasteiger partial charge is 0.543 e. The van der Waals surface area contributed by atoms with Gasteiger partial charge in [-0.2, -0.15) is 0 Å². The molecule has 6 rings (SSSR count). The van der Waals surface area contributed by atoms with E-state index in [1.807, 2.05) is 97.1 Å². The molecule has 55 heavy (non-hydrogen) atoms. The lowest BCUT2D eigenvalue weighted by Gasteiger charge is -2.37. The highest BCUT2D eigenvalue weighted by Gasteiger charge is 2.39. The van der Waals surface area contributed by atoms with E-state index in [9.17, 15) is 0 Å². The summed E-state index contributed by atoms with van der Waals surface area (Å²) in [5, 5.41) is -0.00739. The van der Waals surface area contributed by atoms with Crippen molar-refractivity contribution in [2.75, 3.05) is 0 Å². The number of allylic oxidation sites excluding steroid dienone is 1. The van der Waals surface area contributed by atoms with Crippen LogP contribution in [0.15, 0.2) is 158 Å². The molecule has 0 atom stereocenters. The van der Waals surface area contributed by atoms with Crippen molar-refractivity contribution >= 4 is 14.4 Å². The fraction of sp³-hybridized carbons (Fsp3) is 0.224. The van der Waals surface area contributed by atoms with E-state index in [2.05, 4.69) is 101 Å². The molecule has 6 heteroatoms. The molecule has 0 spiro atoms. The van der Waals surface area contributed by atoms with Gasteiger partial charge in [0.1, 0.15) is 43.7 Å². The maximum Gasteiger partial charge on any atom is 0.250 e. The van der Waals surface area contributed by atoms with Gasteiger partial charge in [-0.15, -0.1) is 0 Å². The average Bonchev–Trinajstić information content (AvgIpc) is 3.20. The molecule has 0 unspecified atom stereocenters. The van der Waals surface area contributed by atoms with Gasteiger partial charge in [0.15, 0.2) is 11.5 Å². The normalized spacial score (nSPS) is 11.7. The Balaban J connectivity index is 1.31. The number of rotatable bonds is 17. The second kappa shape index (κ2) is 18.5. The minimum Gasteiger partial charge on any atom is -0.543 e. The Morgan fingerprint density at radius 3 is 1.40 bits per heavy atom. The molecule has 0 saturated carbocycles. The zero-order valence-electron chi connectivity index (χ0n) is 32.7. The van der Waals surface area contributed by atoms with E-state index < -0.39 is 8.32 Å². The summed E-state index contributed by atoms with van der Waals surface area (Å²) in [5.41, 5.74) is 6.34. The molecule has 0 aliphatic heterocycles. The van der Waals surface area contributed by atoms with E-state index in [1.54, 1.807) is 0 Å². The average molecular weight is 749 g/mol. The van der Waals surface area contributed by atoms with Gasteiger partial charge in [0.2, 0.25) is 8.32 Å². The van der Waals surface area contributed by atoms with Crippen LogP contribution in [0.25, 0.3) is 6.08 Å². The van der Waals surface area contributed by atoms with Crippen molar-refractivity contribution in [2.24, 2.45) is 0 Å². The summed E-state index contributed by atoms with van der Waals surface area (Å²) in [7, 11) is -2.25. The van der Waals surface area contributed by atoms with Crippen LogP contribution in [0.5, 0.6) is 28.7 Å². The van der Waals surface area contributed by atoms with E-state index in [4.69, 9.17) is 23.4 Å². The molecule has 0 radical (unpaired) electrons. The van der Waals surface area contributed by atoms with Crippen molar-refractivity contribution in [1.29, 1.82) is 0 Å². The molecule has 0 saturated heterocycles. The minimum absolute atomic E-state index is 0.00739. The van der Waals surface area contributed by atoms with Gasteiger partial charge in [-0.3, -0.25) is 0 Å². The van der Waals surface area contributed by atoms with Crippen LogP contribution in [0.3, 0.4) is 0 Å². The third-order valence-corrected chi connectivity index (χ3v) is 14.2. The summed E-state index contributed by atoms with van der Waals surface area (Å²) in [5.74, 6) is 3.63. The Hall–Kier alpha value is -5.72. The number of hydrogen-bond donors (Lipinski definition) is 0. The molecule has 6 aromatic carbocycles. The summed E-state index contributed by atoms with van der Waals surface area (Å²) in [6, 6.07) is 50.9. The third kappa shape index (κ3) is 11.4. The summed E-state index contributed by atoms with van der Waals surface area (Å²) in [6.07, 6.45) is 4.86.